The summed E-state index contributed by atoms with van der Waals surface area (Å²) in [6.45, 7) is 1.40. The quantitative estimate of drug-likeness (QED) is 0.815. The minimum atomic E-state index is 0.222. The number of rotatable bonds is 2. The highest BCUT2D eigenvalue weighted by molar-refractivity contribution is 6.32. The zero-order valence-corrected chi connectivity index (χ0v) is 10.0. The van der Waals surface area contributed by atoms with Gasteiger partial charge in [-0.3, -0.25) is 4.68 Å². The molecule has 2 aromatic rings. The van der Waals surface area contributed by atoms with Crippen molar-refractivity contribution < 1.29 is 9.26 Å². The lowest BCUT2D eigenvalue weighted by atomic mass is 10.1. The van der Waals surface area contributed by atoms with Gasteiger partial charge in [-0.15, -0.1) is 0 Å². The zero-order chi connectivity index (χ0) is 11.8. The lowest BCUT2D eigenvalue weighted by molar-refractivity contribution is 0.192. The van der Waals surface area contributed by atoms with Crippen LogP contribution in [-0.4, -0.2) is 33.1 Å². The van der Waals surface area contributed by atoms with Gasteiger partial charge < -0.3 is 9.26 Å². The molecule has 7 heteroatoms. The number of hydrogen-bond donors (Lipinski definition) is 0. The van der Waals surface area contributed by atoms with E-state index in [-0.39, 0.29) is 5.92 Å². The van der Waals surface area contributed by atoms with Gasteiger partial charge in [0.2, 0.25) is 0 Å². The van der Waals surface area contributed by atoms with Crippen molar-refractivity contribution in [2.45, 2.75) is 12.3 Å². The van der Waals surface area contributed by atoms with Crippen LogP contribution >= 0.6 is 11.6 Å². The van der Waals surface area contributed by atoms with Crippen molar-refractivity contribution in [3.8, 4) is 11.6 Å². The minimum absolute atomic E-state index is 0.222. The monoisotopic (exact) mass is 254 g/mol. The third-order valence-electron chi connectivity index (χ3n) is 2.83. The van der Waals surface area contributed by atoms with Crippen LogP contribution in [0, 0.1) is 0 Å². The van der Waals surface area contributed by atoms with Crippen molar-refractivity contribution in [3.63, 3.8) is 0 Å². The molecule has 1 atom stereocenters. The molecule has 90 valence electrons. The first-order chi connectivity index (χ1) is 8.25. The Balaban J connectivity index is 1.94. The van der Waals surface area contributed by atoms with E-state index in [0.29, 0.717) is 29.0 Å². The molecule has 1 aliphatic rings. The second-order valence-electron chi connectivity index (χ2n) is 3.98. The second kappa shape index (κ2) is 4.12. The molecule has 1 aliphatic heterocycles. The largest absolute Gasteiger partial charge is 0.381 e. The predicted molar refractivity (Wildman–Crippen MR) is 59.7 cm³/mol. The van der Waals surface area contributed by atoms with Crippen LogP contribution in [0.2, 0.25) is 5.02 Å². The van der Waals surface area contributed by atoms with Crippen LogP contribution < -0.4 is 0 Å². The van der Waals surface area contributed by atoms with E-state index in [0.717, 1.165) is 13.0 Å². The maximum atomic E-state index is 6.01. The van der Waals surface area contributed by atoms with E-state index >= 15 is 0 Å². The maximum absolute atomic E-state index is 6.01. The Morgan fingerprint density at radius 1 is 1.53 bits per heavy atom. The van der Waals surface area contributed by atoms with Gasteiger partial charge in [0.1, 0.15) is 5.69 Å². The lowest BCUT2D eigenvalue weighted by Gasteiger charge is -1.98. The Kier molecular flexibility index (Phi) is 2.60. The molecule has 0 spiro atoms. The highest BCUT2D eigenvalue weighted by Crippen LogP contribution is 2.28. The molecule has 6 nitrogen and oxygen atoms in total. The molecule has 0 amide bonds. The average Bonchev–Trinajstić information content (AvgIpc) is 2.98. The summed E-state index contributed by atoms with van der Waals surface area (Å²) < 4.78 is 12.1. The van der Waals surface area contributed by atoms with Gasteiger partial charge in [-0.05, 0) is 6.42 Å². The topological polar surface area (TPSA) is 66.0 Å². The first-order valence-electron chi connectivity index (χ1n) is 5.35. The smallest absolute Gasteiger partial charge is 0.277 e. The summed E-state index contributed by atoms with van der Waals surface area (Å²) in [6, 6.07) is 0. The van der Waals surface area contributed by atoms with E-state index in [9.17, 15) is 0 Å². The van der Waals surface area contributed by atoms with Crippen molar-refractivity contribution in [3.05, 3.63) is 17.0 Å². The highest BCUT2D eigenvalue weighted by atomic mass is 35.5. The normalized spacial score (nSPS) is 20.0. The Hall–Kier alpha value is -1.40. The SMILES string of the molecule is Cn1ncc(Cl)c1-c1nc([C@H]2CCOC2)no1. The van der Waals surface area contributed by atoms with E-state index < -0.39 is 0 Å². The van der Waals surface area contributed by atoms with Gasteiger partial charge in [0.15, 0.2) is 5.82 Å². The highest BCUT2D eigenvalue weighted by Gasteiger charge is 2.25. The van der Waals surface area contributed by atoms with Crippen LogP contribution in [0.5, 0.6) is 0 Å². The van der Waals surface area contributed by atoms with Gasteiger partial charge >= 0.3 is 0 Å². The summed E-state index contributed by atoms with van der Waals surface area (Å²) in [5, 5.41) is 8.51. The first kappa shape index (κ1) is 10.7. The molecule has 17 heavy (non-hydrogen) atoms. The van der Waals surface area contributed by atoms with Crippen LogP contribution in [0.15, 0.2) is 10.7 Å². The van der Waals surface area contributed by atoms with Crippen LogP contribution in [0.3, 0.4) is 0 Å². The van der Waals surface area contributed by atoms with Gasteiger partial charge in [-0.25, -0.2) is 0 Å². The summed E-state index contributed by atoms with van der Waals surface area (Å²) in [7, 11) is 1.78. The van der Waals surface area contributed by atoms with Gasteiger partial charge in [-0.1, -0.05) is 16.8 Å². The minimum Gasteiger partial charge on any atom is -0.381 e. The fourth-order valence-corrected chi connectivity index (χ4v) is 2.13. The van der Waals surface area contributed by atoms with Gasteiger partial charge in [0.25, 0.3) is 5.89 Å². The number of ether oxygens (including phenoxy) is 1. The van der Waals surface area contributed by atoms with Crippen molar-refractivity contribution in [1.29, 1.82) is 0 Å². The summed E-state index contributed by atoms with van der Waals surface area (Å²) in [5.41, 5.74) is 0.643. The summed E-state index contributed by atoms with van der Waals surface area (Å²) in [4.78, 5) is 4.35. The second-order valence-corrected chi connectivity index (χ2v) is 4.39. The Bertz CT molecular complexity index is 511. The van der Waals surface area contributed by atoms with Gasteiger partial charge in [0.05, 0.1) is 17.8 Å². The molecular formula is C10H11ClN4O2. The van der Waals surface area contributed by atoms with Crippen molar-refractivity contribution >= 4 is 11.6 Å². The average molecular weight is 255 g/mol. The van der Waals surface area contributed by atoms with E-state index in [1.807, 2.05) is 0 Å². The molecule has 0 N–H and O–H groups in total. The molecule has 0 saturated carbocycles. The summed E-state index contributed by atoms with van der Waals surface area (Å²) >= 11 is 6.01. The van der Waals surface area contributed by atoms with E-state index in [4.69, 9.17) is 20.9 Å². The number of aromatic nitrogens is 4. The predicted octanol–water partition coefficient (Wildman–Crippen LogP) is 1.63. The molecule has 0 bridgehead atoms. The number of aryl methyl sites for hydroxylation is 1. The van der Waals surface area contributed by atoms with E-state index in [1.54, 1.807) is 17.9 Å². The molecule has 3 heterocycles. The van der Waals surface area contributed by atoms with Crippen LogP contribution in [-0.2, 0) is 11.8 Å². The molecule has 2 aromatic heterocycles. The van der Waals surface area contributed by atoms with Gasteiger partial charge in [0, 0.05) is 19.6 Å². The lowest BCUT2D eigenvalue weighted by Crippen LogP contribution is -2.00. The molecule has 3 rings (SSSR count). The van der Waals surface area contributed by atoms with E-state index in [1.165, 1.54) is 0 Å². The Morgan fingerprint density at radius 2 is 2.41 bits per heavy atom. The van der Waals surface area contributed by atoms with Crippen LogP contribution in [0.25, 0.3) is 11.6 Å². The standard InChI is InChI=1S/C10H11ClN4O2/c1-15-8(7(11)4-12-15)10-13-9(14-17-10)6-2-3-16-5-6/h4,6H,2-3,5H2,1H3/t6-/m0/s1. The fraction of sp³-hybridized carbons (Fsp3) is 0.500. The molecule has 1 saturated heterocycles. The molecular weight excluding hydrogens is 244 g/mol. The van der Waals surface area contributed by atoms with Gasteiger partial charge in [-0.2, -0.15) is 10.1 Å². The number of halogens is 1. The summed E-state index contributed by atoms with van der Waals surface area (Å²) in [5.74, 6) is 1.30. The number of nitrogens with zero attached hydrogens (tertiary/aromatic N) is 4. The zero-order valence-electron chi connectivity index (χ0n) is 9.26. The maximum Gasteiger partial charge on any atom is 0.277 e. The van der Waals surface area contributed by atoms with Crippen molar-refractivity contribution in [2.75, 3.05) is 13.2 Å². The molecule has 0 unspecified atom stereocenters. The Labute approximate surface area is 103 Å². The summed E-state index contributed by atoms with van der Waals surface area (Å²) in [6.07, 6.45) is 2.48. The van der Waals surface area contributed by atoms with Crippen molar-refractivity contribution in [1.82, 2.24) is 19.9 Å². The first-order valence-corrected chi connectivity index (χ1v) is 5.72. The fourth-order valence-electron chi connectivity index (χ4n) is 1.89. The van der Waals surface area contributed by atoms with Crippen LogP contribution in [0.1, 0.15) is 18.2 Å². The number of hydrogen-bond acceptors (Lipinski definition) is 5. The molecule has 0 radical (unpaired) electrons. The third-order valence-corrected chi connectivity index (χ3v) is 3.11. The molecule has 0 aromatic carbocycles. The Morgan fingerprint density at radius 3 is 3.06 bits per heavy atom. The molecule has 0 aliphatic carbocycles. The van der Waals surface area contributed by atoms with E-state index in [2.05, 4.69) is 15.2 Å². The molecule has 1 fully saturated rings. The van der Waals surface area contributed by atoms with Crippen molar-refractivity contribution in [2.24, 2.45) is 7.05 Å². The van der Waals surface area contributed by atoms with Crippen LogP contribution in [0.4, 0.5) is 0 Å². The third kappa shape index (κ3) is 1.83.